The van der Waals surface area contributed by atoms with E-state index in [1.807, 2.05) is 0 Å². The minimum absolute atomic E-state index is 0.0163. The number of hydrogen-bond donors (Lipinski definition) is 2. The predicted molar refractivity (Wildman–Crippen MR) is 127 cm³/mol. The van der Waals surface area contributed by atoms with Gasteiger partial charge in [0.15, 0.2) is 11.6 Å². The summed E-state index contributed by atoms with van der Waals surface area (Å²) in [5, 5.41) is 3.60. The van der Waals surface area contributed by atoms with E-state index in [0.29, 0.717) is 23.3 Å². The lowest BCUT2D eigenvalue weighted by Gasteiger charge is -2.47. The molecule has 3 aromatic heterocycles. The maximum absolute atomic E-state index is 16.0. The maximum Gasteiger partial charge on any atom is 0.226 e. The van der Waals surface area contributed by atoms with Crippen LogP contribution < -0.4 is 5.32 Å². The molecule has 1 aromatic carbocycles. The Bertz CT molecular complexity index is 1460. The molecule has 0 radical (unpaired) electrons. The first-order valence-corrected chi connectivity index (χ1v) is 11.8. The summed E-state index contributed by atoms with van der Waals surface area (Å²) in [6, 6.07) is 5.23. The number of nitrogens with one attached hydrogen (secondary N) is 2. The minimum atomic E-state index is -0.755. The van der Waals surface area contributed by atoms with Crippen LogP contribution in [0.15, 0.2) is 41.1 Å². The molecule has 3 aliphatic carbocycles. The van der Waals surface area contributed by atoms with E-state index in [2.05, 4.69) is 27.1 Å². The summed E-state index contributed by atoms with van der Waals surface area (Å²) >= 11 is 0. The lowest BCUT2D eigenvalue weighted by molar-refractivity contribution is 0.0926. The minimum Gasteiger partial charge on any atom is -0.466 e. The van der Waals surface area contributed by atoms with Gasteiger partial charge in [0, 0.05) is 29.3 Å². The van der Waals surface area contributed by atoms with Gasteiger partial charge in [-0.2, -0.15) is 0 Å². The molecule has 2 bridgehead atoms. The molecule has 7 rings (SSSR count). The Morgan fingerprint density at radius 3 is 2.60 bits per heavy atom. The van der Waals surface area contributed by atoms with Gasteiger partial charge in [0.2, 0.25) is 5.69 Å². The van der Waals surface area contributed by atoms with Crippen molar-refractivity contribution in [1.82, 2.24) is 9.97 Å². The molecule has 2 N–H and O–H groups in total. The Morgan fingerprint density at radius 1 is 1.14 bits per heavy atom. The number of anilines is 1. The standard InChI is InChI=1S/C27H23F3N4O/c1-13-14-5-7-15(8-6-14)23(13)33-27-22(30)21(20-4-3-9-35-20)26(31-2)25(34-27)18-12-32-24-17(18)10-16(28)11-19(24)29/h3-4,9-15,23,32H,5-8H2,1H3,(H,33,34). The van der Waals surface area contributed by atoms with Crippen molar-refractivity contribution in [2.75, 3.05) is 5.32 Å². The van der Waals surface area contributed by atoms with Gasteiger partial charge in [0.1, 0.15) is 17.4 Å². The van der Waals surface area contributed by atoms with Crippen LogP contribution in [0.1, 0.15) is 32.6 Å². The van der Waals surface area contributed by atoms with Crippen molar-refractivity contribution in [3.05, 3.63) is 65.6 Å². The van der Waals surface area contributed by atoms with Gasteiger partial charge in [0.05, 0.1) is 29.6 Å². The molecule has 0 aliphatic heterocycles. The van der Waals surface area contributed by atoms with Crippen LogP contribution in [0.25, 0.3) is 38.3 Å². The summed E-state index contributed by atoms with van der Waals surface area (Å²) in [6.45, 7) is 10.0. The van der Waals surface area contributed by atoms with Gasteiger partial charge in [-0.3, -0.25) is 0 Å². The molecule has 0 amide bonds. The molecule has 8 heteroatoms. The average Bonchev–Trinajstić information content (AvgIpc) is 3.53. The number of benzene rings is 1. The summed E-state index contributed by atoms with van der Waals surface area (Å²) in [4.78, 5) is 11.0. The quantitative estimate of drug-likeness (QED) is 0.297. The van der Waals surface area contributed by atoms with Crippen LogP contribution in [0.3, 0.4) is 0 Å². The van der Waals surface area contributed by atoms with Crippen LogP contribution in [0, 0.1) is 41.8 Å². The van der Waals surface area contributed by atoms with Crippen LogP contribution in [-0.4, -0.2) is 16.0 Å². The summed E-state index contributed by atoms with van der Waals surface area (Å²) in [6.07, 6.45) is 7.44. The average molecular weight is 477 g/mol. The molecule has 178 valence electrons. The second-order valence-electron chi connectivity index (χ2n) is 9.65. The Kier molecular flexibility index (Phi) is 5.10. The molecule has 2 unspecified atom stereocenters. The number of fused-ring (bicyclic) bond motifs is 4. The number of halogens is 3. The third-order valence-corrected chi connectivity index (χ3v) is 7.89. The summed E-state index contributed by atoms with van der Waals surface area (Å²) < 4.78 is 50.0. The molecule has 3 fully saturated rings. The third kappa shape index (κ3) is 3.41. The van der Waals surface area contributed by atoms with E-state index in [4.69, 9.17) is 11.0 Å². The van der Waals surface area contributed by atoms with E-state index in [9.17, 15) is 8.78 Å². The highest BCUT2D eigenvalue weighted by molar-refractivity contribution is 6.01. The lowest BCUT2D eigenvalue weighted by Crippen LogP contribution is -2.47. The summed E-state index contributed by atoms with van der Waals surface area (Å²) in [5.74, 6) is -0.592. The van der Waals surface area contributed by atoms with Crippen molar-refractivity contribution < 1.29 is 17.6 Å². The number of aromatic nitrogens is 2. The third-order valence-electron chi connectivity index (χ3n) is 7.89. The molecule has 3 aliphatic rings. The Labute approximate surface area is 200 Å². The van der Waals surface area contributed by atoms with Crippen molar-refractivity contribution in [3.8, 4) is 22.6 Å². The molecule has 0 spiro atoms. The number of aromatic amines is 1. The van der Waals surface area contributed by atoms with Gasteiger partial charge in [0.25, 0.3) is 0 Å². The number of hydrogen-bond acceptors (Lipinski definition) is 3. The van der Waals surface area contributed by atoms with E-state index in [-0.39, 0.29) is 45.5 Å². The second-order valence-corrected chi connectivity index (χ2v) is 9.65. The van der Waals surface area contributed by atoms with Crippen molar-refractivity contribution >= 4 is 22.4 Å². The Morgan fingerprint density at radius 2 is 1.91 bits per heavy atom. The molecule has 5 nitrogen and oxygen atoms in total. The summed E-state index contributed by atoms with van der Waals surface area (Å²) in [7, 11) is 0. The van der Waals surface area contributed by atoms with E-state index in [0.717, 1.165) is 18.9 Å². The van der Waals surface area contributed by atoms with Gasteiger partial charge < -0.3 is 14.7 Å². The first-order valence-electron chi connectivity index (χ1n) is 11.8. The Balaban J connectivity index is 1.57. The second kappa shape index (κ2) is 8.19. The first kappa shape index (κ1) is 21.8. The number of H-pyrrole nitrogens is 1. The Hall–Kier alpha value is -3.73. The van der Waals surface area contributed by atoms with Crippen molar-refractivity contribution in [2.45, 2.75) is 38.6 Å². The zero-order valence-corrected chi connectivity index (χ0v) is 19.0. The fourth-order valence-corrected chi connectivity index (χ4v) is 6.10. The highest BCUT2D eigenvalue weighted by Gasteiger charge is 2.42. The SMILES string of the molecule is [C-]#[N+]c1c(-c2c[nH]c3c(F)cc(F)cc23)nc(NC2C3CCC(CC3)C2C)c(F)c1-c1ccco1. The normalized spacial score (nSPS) is 23.5. The maximum atomic E-state index is 16.0. The summed E-state index contributed by atoms with van der Waals surface area (Å²) in [5.41, 5.74) is 0.457. The van der Waals surface area contributed by atoms with Crippen LogP contribution in [0.5, 0.6) is 0 Å². The molecule has 3 heterocycles. The molecular formula is C27H23F3N4O. The molecular weight excluding hydrogens is 453 g/mol. The van der Waals surface area contributed by atoms with E-state index >= 15 is 4.39 Å². The van der Waals surface area contributed by atoms with E-state index < -0.39 is 17.5 Å². The molecule has 2 atom stereocenters. The smallest absolute Gasteiger partial charge is 0.226 e. The van der Waals surface area contributed by atoms with Gasteiger partial charge in [-0.15, -0.1) is 0 Å². The van der Waals surface area contributed by atoms with Crippen LogP contribution >= 0.6 is 0 Å². The monoisotopic (exact) mass is 476 g/mol. The molecule has 4 aromatic rings. The first-order chi connectivity index (χ1) is 17.0. The molecule has 35 heavy (non-hydrogen) atoms. The van der Waals surface area contributed by atoms with Gasteiger partial charge in [-0.05, 0) is 61.6 Å². The zero-order valence-electron chi connectivity index (χ0n) is 19.0. The highest BCUT2D eigenvalue weighted by Crippen LogP contribution is 2.48. The van der Waals surface area contributed by atoms with Gasteiger partial charge in [-0.25, -0.2) is 23.0 Å². The topological polar surface area (TPSA) is 58.2 Å². The molecule has 0 saturated heterocycles. The van der Waals surface area contributed by atoms with Crippen LogP contribution in [0.2, 0.25) is 0 Å². The number of furan rings is 1. The number of rotatable bonds is 4. The van der Waals surface area contributed by atoms with Crippen molar-refractivity contribution in [3.63, 3.8) is 0 Å². The fraction of sp³-hybridized carbons (Fsp3) is 0.333. The van der Waals surface area contributed by atoms with Crippen LogP contribution in [0.4, 0.5) is 24.7 Å². The molecule has 3 saturated carbocycles. The zero-order chi connectivity index (χ0) is 24.3. The van der Waals surface area contributed by atoms with E-state index in [1.165, 1.54) is 31.4 Å². The van der Waals surface area contributed by atoms with Gasteiger partial charge in [-0.1, -0.05) is 6.92 Å². The van der Waals surface area contributed by atoms with E-state index in [1.54, 1.807) is 12.1 Å². The lowest BCUT2D eigenvalue weighted by atomic mass is 9.62. The van der Waals surface area contributed by atoms with Crippen molar-refractivity contribution in [2.24, 2.45) is 17.8 Å². The van der Waals surface area contributed by atoms with Crippen LogP contribution in [-0.2, 0) is 0 Å². The highest BCUT2D eigenvalue weighted by atomic mass is 19.1. The fourth-order valence-electron chi connectivity index (χ4n) is 6.10. The van der Waals surface area contributed by atoms with Crippen molar-refractivity contribution in [1.29, 1.82) is 0 Å². The predicted octanol–water partition coefficient (Wildman–Crippen LogP) is 7.69. The van der Waals surface area contributed by atoms with Gasteiger partial charge >= 0.3 is 0 Å². The number of pyridine rings is 1. The largest absolute Gasteiger partial charge is 0.466 e. The number of nitrogens with zero attached hydrogens (tertiary/aromatic N) is 2.